The van der Waals surface area contributed by atoms with Crippen molar-refractivity contribution in [2.24, 2.45) is 4.99 Å². The summed E-state index contributed by atoms with van der Waals surface area (Å²) in [6.07, 6.45) is 4.21. The van der Waals surface area contributed by atoms with Crippen molar-refractivity contribution in [1.29, 1.82) is 0 Å². The zero-order chi connectivity index (χ0) is 17.9. The van der Waals surface area contributed by atoms with Crippen LogP contribution in [0.15, 0.2) is 40.7 Å². The Balaban J connectivity index is 1.74. The van der Waals surface area contributed by atoms with E-state index in [1.165, 1.54) is 10.6 Å². The maximum atomic E-state index is 4.70. The predicted octanol–water partition coefficient (Wildman–Crippen LogP) is 3.96. The maximum Gasteiger partial charge on any atom is 0.191 e. The Hall–Kier alpha value is -1.88. The molecule has 25 heavy (non-hydrogen) atoms. The normalized spacial score (nSPS) is 12.8. The molecule has 0 aliphatic heterocycles. The zero-order valence-electron chi connectivity index (χ0n) is 15.6. The van der Waals surface area contributed by atoms with E-state index >= 15 is 0 Å². The molecule has 0 fully saturated rings. The van der Waals surface area contributed by atoms with Crippen molar-refractivity contribution >= 4 is 17.3 Å². The number of rotatable bonds is 9. The Morgan fingerprint density at radius 1 is 1.24 bits per heavy atom. The first-order valence-corrected chi connectivity index (χ1v) is 10.0. The fourth-order valence-electron chi connectivity index (χ4n) is 2.59. The minimum Gasteiger partial charge on any atom is -0.357 e. The quantitative estimate of drug-likeness (QED) is 0.405. The summed E-state index contributed by atoms with van der Waals surface area (Å²) in [7, 11) is 0. The van der Waals surface area contributed by atoms with E-state index in [0.717, 1.165) is 50.4 Å². The summed E-state index contributed by atoms with van der Waals surface area (Å²) in [6, 6.07) is 11.0. The van der Waals surface area contributed by atoms with E-state index in [-0.39, 0.29) is 0 Å². The van der Waals surface area contributed by atoms with Gasteiger partial charge < -0.3 is 10.6 Å². The van der Waals surface area contributed by atoms with Crippen molar-refractivity contribution < 1.29 is 0 Å². The van der Waals surface area contributed by atoms with E-state index in [1.54, 1.807) is 11.3 Å². The molecule has 1 unspecified atom stereocenters. The number of guanidine groups is 1. The first kappa shape index (κ1) is 19.4. The molecule has 0 radical (unpaired) electrons. The standard InChI is InChI=1S/C20H30N4S/c1-4-21-20(22-14-8-11-19-23-17(3)15-25-19)24-16(2)12-13-18-9-6-5-7-10-18/h5-7,9-10,15-16H,4,8,11-14H2,1-3H3,(H2,21,22,24). The van der Waals surface area contributed by atoms with Gasteiger partial charge in [0.05, 0.1) is 5.01 Å². The number of aromatic nitrogens is 1. The van der Waals surface area contributed by atoms with E-state index in [2.05, 4.69) is 65.2 Å². The molecule has 136 valence electrons. The average Bonchev–Trinajstić information content (AvgIpc) is 3.03. The van der Waals surface area contributed by atoms with Gasteiger partial charge in [-0.1, -0.05) is 30.3 Å². The molecule has 1 heterocycles. The highest BCUT2D eigenvalue weighted by Crippen LogP contribution is 2.10. The molecule has 0 aliphatic carbocycles. The van der Waals surface area contributed by atoms with E-state index in [1.807, 2.05) is 6.92 Å². The van der Waals surface area contributed by atoms with Gasteiger partial charge in [0.2, 0.25) is 0 Å². The molecular formula is C20H30N4S. The van der Waals surface area contributed by atoms with Crippen LogP contribution in [0.25, 0.3) is 0 Å². The van der Waals surface area contributed by atoms with Crippen LogP contribution in [0.4, 0.5) is 0 Å². The highest BCUT2D eigenvalue weighted by Gasteiger charge is 2.06. The lowest BCUT2D eigenvalue weighted by molar-refractivity contribution is 0.593. The summed E-state index contributed by atoms with van der Waals surface area (Å²) in [5.74, 6) is 0.915. The molecule has 2 rings (SSSR count). The number of hydrogen-bond acceptors (Lipinski definition) is 3. The highest BCUT2D eigenvalue weighted by molar-refractivity contribution is 7.09. The molecule has 1 atom stereocenters. The topological polar surface area (TPSA) is 49.3 Å². The molecule has 0 saturated carbocycles. The zero-order valence-corrected chi connectivity index (χ0v) is 16.4. The lowest BCUT2D eigenvalue weighted by Crippen LogP contribution is -2.42. The molecule has 0 saturated heterocycles. The van der Waals surface area contributed by atoms with E-state index < -0.39 is 0 Å². The van der Waals surface area contributed by atoms with E-state index in [0.29, 0.717) is 6.04 Å². The van der Waals surface area contributed by atoms with Gasteiger partial charge in [0.15, 0.2) is 5.96 Å². The first-order chi connectivity index (χ1) is 12.2. The fourth-order valence-corrected chi connectivity index (χ4v) is 3.41. The van der Waals surface area contributed by atoms with Crippen molar-refractivity contribution in [2.45, 2.75) is 52.5 Å². The van der Waals surface area contributed by atoms with Crippen LogP contribution in [-0.4, -0.2) is 30.1 Å². The Bertz CT molecular complexity index is 636. The lowest BCUT2D eigenvalue weighted by atomic mass is 10.1. The summed E-state index contributed by atoms with van der Waals surface area (Å²) < 4.78 is 0. The van der Waals surface area contributed by atoms with Crippen LogP contribution < -0.4 is 10.6 Å². The van der Waals surface area contributed by atoms with Gasteiger partial charge in [0.1, 0.15) is 0 Å². The van der Waals surface area contributed by atoms with Gasteiger partial charge in [-0.2, -0.15) is 0 Å². The molecule has 4 nitrogen and oxygen atoms in total. The third kappa shape index (κ3) is 7.69. The van der Waals surface area contributed by atoms with Gasteiger partial charge >= 0.3 is 0 Å². The van der Waals surface area contributed by atoms with Crippen molar-refractivity contribution in [3.63, 3.8) is 0 Å². The number of nitrogens with zero attached hydrogens (tertiary/aromatic N) is 2. The third-order valence-corrected chi connectivity index (χ3v) is 4.95. The molecule has 2 aromatic rings. The molecule has 2 N–H and O–H groups in total. The number of benzene rings is 1. The minimum atomic E-state index is 0.389. The average molecular weight is 359 g/mol. The summed E-state index contributed by atoms with van der Waals surface area (Å²) in [5, 5.41) is 10.2. The van der Waals surface area contributed by atoms with E-state index in [9.17, 15) is 0 Å². The Kier molecular flexibility index (Phi) is 8.46. The van der Waals surface area contributed by atoms with Crippen molar-refractivity contribution in [1.82, 2.24) is 15.6 Å². The predicted molar refractivity (Wildman–Crippen MR) is 109 cm³/mol. The molecule has 0 bridgehead atoms. The van der Waals surface area contributed by atoms with Crippen LogP contribution in [-0.2, 0) is 12.8 Å². The van der Waals surface area contributed by atoms with Crippen LogP contribution in [0.3, 0.4) is 0 Å². The molecule has 0 aliphatic rings. The number of hydrogen-bond donors (Lipinski definition) is 2. The van der Waals surface area contributed by atoms with Crippen LogP contribution in [0.2, 0.25) is 0 Å². The largest absolute Gasteiger partial charge is 0.357 e. The summed E-state index contributed by atoms with van der Waals surface area (Å²) in [6.45, 7) is 8.06. The van der Waals surface area contributed by atoms with Crippen molar-refractivity contribution in [3.05, 3.63) is 52.0 Å². The second-order valence-corrected chi connectivity index (χ2v) is 7.26. The van der Waals surface area contributed by atoms with Gasteiger partial charge in [-0.25, -0.2) is 4.98 Å². The van der Waals surface area contributed by atoms with Crippen LogP contribution in [0.1, 0.15) is 43.0 Å². The summed E-state index contributed by atoms with van der Waals surface area (Å²) >= 11 is 1.74. The third-order valence-electron chi connectivity index (χ3n) is 3.92. The molecular weight excluding hydrogens is 328 g/mol. The number of aryl methyl sites for hydroxylation is 3. The maximum absolute atomic E-state index is 4.70. The van der Waals surface area contributed by atoms with Crippen LogP contribution >= 0.6 is 11.3 Å². The van der Waals surface area contributed by atoms with Crippen LogP contribution in [0, 0.1) is 6.92 Å². The Morgan fingerprint density at radius 3 is 2.72 bits per heavy atom. The fraction of sp³-hybridized carbons (Fsp3) is 0.500. The van der Waals surface area contributed by atoms with Crippen LogP contribution in [0.5, 0.6) is 0 Å². The Labute approximate surface area is 155 Å². The van der Waals surface area contributed by atoms with Gasteiger partial charge in [0.25, 0.3) is 0 Å². The second kappa shape index (κ2) is 10.9. The molecule has 1 aromatic heterocycles. The summed E-state index contributed by atoms with van der Waals surface area (Å²) in [4.78, 5) is 9.21. The van der Waals surface area contributed by atoms with Gasteiger partial charge in [-0.05, 0) is 45.6 Å². The number of aliphatic imine (C=N–C) groups is 1. The van der Waals surface area contributed by atoms with E-state index in [4.69, 9.17) is 4.99 Å². The molecule has 5 heteroatoms. The smallest absolute Gasteiger partial charge is 0.191 e. The molecule has 0 amide bonds. The Morgan fingerprint density at radius 2 is 2.04 bits per heavy atom. The molecule has 0 spiro atoms. The van der Waals surface area contributed by atoms with Gasteiger partial charge in [0, 0.05) is 36.6 Å². The van der Waals surface area contributed by atoms with Crippen molar-refractivity contribution in [3.8, 4) is 0 Å². The second-order valence-electron chi connectivity index (χ2n) is 6.32. The number of nitrogens with one attached hydrogen (secondary N) is 2. The first-order valence-electron chi connectivity index (χ1n) is 9.17. The lowest BCUT2D eigenvalue weighted by Gasteiger charge is -2.17. The highest BCUT2D eigenvalue weighted by atomic mass is 32.1. The molecule has 1 aromatic carbocycles. The minimum absolute atomic E-state index is 0.389. The van der Waals surface area contributed by atoms with Crippen molar-refractivity contribution in [2.75, 3.05) is 13.1 Å². The number of thiazole rings is 1. The van der Waals surface area contributed by atoms with Gasteiger partial charge in [-0.3, -0.25) is 4.99 Å². The summed E-state index contributed by atoms with van der Waals surface area (Å²) in [5.41, 5.74) is 2.50. The SMILES string of the molecule is CCNC(=NCCCc1nc(C)cs1)NC(C)CCc1ccccc1. The monoisotopic (exact) mass is 358 g/mol. The van der Waals surface area contributed by atoms with Gasteiger partial charge in [-0.15, -0.1) is 11.3 Å².